The topological polar surface area (TPSA) is 67.4 Å². The van der Waals surface area contributed by atoms with Gasteiger partial charge in [0.05, 0.1) is 12.0 Å². The number of fused-ring (bicyclic) bond motifs is 2. The lowest BCUT2D eigenvalue weighted by Crippen LogP contribution is -2.58. The maximum Gasteiger partial charge on any atom is 0.312 e. The molecule has 1 spiro atoms. The molecule has 2 atom stereocenters. The number of halogens is 1. The molecular weight excluding hydrogens is 227 g/mol. The van der Waals surface area contributed by atoms with Gasteiger partial charge in [0.2, 0.25) is 5.78 Å². The van der Waals surface area contributed by atoms with Gasteiger partial charge in [0.15, 0.2) is 5.83 Å². The first kappa shape index (κ1) is 10.6. The summed E-state index contributed by atoms with van der Waals surface area (Å²) in [5.41, 5.74) is -0.746. The number of nitrogens with one attached hydrogen (secondary N) is 2. The second kappa shape index (κ2) is 3.48. The zero-order valence-corrected chi connectivity index (χ0v) is 8.96. The van der Waals surface area contributed by atoms with Gasteiger partial charge in [0, 0.05) is 13.2 Å². The molecule has 6 heteroatoms. The number of allylic oxidation sites excluding steroid dienone is 3. The van der Waals surface area contributed by atoms with Crippen molar-refractivity contribution in [2.45, 2.75) is 12.0 Å². The van der Waals surface area contributed by atoms with Crippen molar-refractivity contribution in [3.63, 3.8) is 0 Å². The molecule has 2 heterocycles. The van der Waals surface area contributed by atoms with Crippen molar-refractivity contribution in [2.75, 3.05) is 13.2 Å². The van der Waals surface area contributed by atoms with E-state index in [9.17, 15) is 14.0 Å². The van der Waals surface area contributed by atoms with Gasteiger partial charge in [0.25, 0.3) is 0 Å². The Balaban J connectivity index is 2.06. The number of ketones is 1. The summed E-state index contributed by atoms with van der Waals surface area (Å²) in [4.78, 5) is 23.4. The Morgan fingerprint density at radius 1 is 1.41 bits per heavy atom. The summed E-state index contributed by atoms with van der Waals surface area (Å²) in [6.07, 6.45) is 2.48. The van der Waals surface area contributed by atoms with Crippen LogP contribution in [0.3, 0.4) is 0 Å². The molecule has 3 rings (SSSR count). The molecule has 0 amide bonds. The van der Waals surface area contributed by atoms with E-state index in [-0.39, 0.29) is 12.2 Å². The average Bonchev–Trinajstić information content (AvgIpc) is 2.72. The van der Waals surface area contributed by atoms with Crippen molar-refractivity contribution < 1.29 is 18.7 Å². The molecule has 0 aromatic rings. The fraction of sp³-hybridized carbons (Fsp3) is 0.455. The van der Waals surface area contributed by atoms with E-state index in [1.165, 1.54) is 6.08 Å². The standard InChI is InChI=1S/C11H11FN2O3/c12-6-1-2-7-9(10(6)16)11(3-8(15)17-7)4-13-5-14-11/h1-2,9,13-14H,3-5H2. The quantitative estimate of drug-likeness (QED) is 0.570. The zero-order chi connectivity index (χ0) is 12.0. The molecule has 2 aliphatic heterocycles. The number of ether oxygens (including phenoxy) is 1. The maximum absolute atomic E-state index is 13.4. The van der Waals surface area contributed by atoms with Crippen molar-refractivity contribution in [1.82, 2.24) is 10.6 Å². The Morgan fingerprint density at radius 3 is 2.94 bits per heavy atom. The Kier molecular flexibility index (Phi) is 2.17. The van der Waals surface area contributed by atoms with E-state index < -0.39 is 29.0 Å². The number of Topliss-reactive ketones (excluding diaryl/α,β-unsaturated/α-hetero) is 1. The van der Waals surface area contributed by atoms with Crippen molar-refractivity contribution in [1.29, 1.82) is 0 Å². The molecule has 2 saturated heterocycles. The molecule has 0 radical (unpaired) electrons. The number of carbonyl (C=O) groups is 2. The number of esters is 1. The van der Waals surface area contributed by atoms with Crippen molar-refractivity contribution in [2.24, 2.45) is 5.92 Å². The summed E-state index contributed by atoms with van der Waals surface area (Å²) in [7, 11) is 0. The Hall–Kier alpha value is -1.53. The van der Waals surface area contributed by atoms with Crippen molar-refractivity contribution in [3.05, 3.63) is 23.7 Å². The molecule has 0 aromatic carbocycles. The molecule has 0 bridgehead atoms. The Labute approximate surface area is 96.7 Å². The van der Waals surface area contributed by atoms with E-state index in [2.05, 4.69) is 10.6 Å². The zero-order valence-electron chi connectivity index (χ0n) is 8.96. The minimum absolute atomic E-state index is 0.0705. The lowest BCUT2D eigenvalue weighted by atomic mass is 9.74. The molecule has 2 unspecified atom stereocenters. The van der Waals surface area contributed by atoms with Crippen LogP contribution in [0.5, 0.6) is 0 Å². The molecule has 2 fully saturated rings. The first-order chi connectivity index (χ1) is 8.12. The first-order valence-corrected chi connectivity index (χ1v) is 5.40. The summed E-state index contributed by atoms with van der Waals surface area (Å²) in [6, 6.07) is 0. The molecular formula is C11H11FN2O3. The number of rotatable bonds is 0. The highest BCUT2D eigenvalue weighted by Crippen LogP contribution is 2.39. The van der Waals surface area contributed by atoms with Crippen LogP contribution in [0.1, 0.15) is 6.42 Å². The van der Waals surface area contributed by atoms with Crippen LogP contribution < -0.4 is 10.6 Å². The number of hydrogen-bond donors (Lipinski definition) is 2. The van der Waals surface area contributed by atoms with E-state index in [1.807, 2.05) is 0 Å². The predicted octanol–water partition coefficient (Wildman–Crippen LogP) is -0.241. The van der Waals surface area contributed by atoms with Gasteiger partial charge in [0.1, 0.15) is 11.7 Å². The van der Waals surface area contributed by atoms with Gasteiger partial charge in [-0.1, -0.05) is 0 Å². The maximum atomic E-state index is 13.4. The Bertz CT molecular complexity index is 463. The van der Waals surface area contributed by atoms with Gasteiger partial charge in [-0.2, -0.15) is 0 Å². The Morgan fingerprint density at radius 2 is 2.24 bits per heavy atom. The molecule has 0 aromatic heterocycles. The minimum atomic E-state index is -0.787. The largest absolute Gasteiger partial charge is 0.430 e. The van der Waals surface area contributed by atoms with Crippen LogP contribution in [0.4, 0.5) is 4.39 Å². The van der Waals surface area contributed by atoms with Crippen LogP contribution >= 0.6 is 0 Å². The third-order valence-electron chi connectivity index (χ3n) is 3.43. The third-order valence-corrected chi connectivity index (χ3v) is 3.43. The van der Waals surface area contributed by atoms with E-state index in [4.69, 9.17) is 4.74 Å². The van der Waals surface area contributed by atoms with Crippen LogP contribution in [-0.4, -0.2) is 30.5 Å². The smallest absolute Gasteiger partial charge is 0.312 e. The van der Waals surface area contributed by atoms with Crippen LogP contribution in [0.25, 0.3) is 0 Å². The lowest BCUT2D eigenvalue weighted by Gasteiger charge is -2.40. The van der Waals surface area contributed by atoms with Gasteiger partial charge in [-0.25, -0.2) is 4.39 Å². The molecule has 2 N–H and O–H groups in total. The van der Waals surface area contributed by atoms with Gasteiger partial charge in [-0.15, -0.1) is 0 Å². The van der Waals surface area contributed by atoms with E-state index in [0.717, 1.165) is 6.08 Å². The molecule has 5 nitrogen and oxygen atoms in total. The number of carbonyl (C=O) groups excluding carboxylic acids is 2. The highest BCUT2D eigenvalue weighted by atomic mass is 19.1. The lowest BCUT2D eigenvalue weighted by molar-refractivity contribution is -0.149. The molecule has 17 heavy (non-hydrogen) atoms. The first-order valence-electron chi connectivity index (χ1n) is 5.40. The van der Waals surface area contributed by atoms with Crippen LogP contribution in [0, 0.1) is 5.92 Å². The second-order valence-electron chi connectivity index (χ2n) is 4.47. The predicted molar refractivity (Wildman–Crippen MR) is 55.2 cm³/mol. The number of hydrogen-bond acceptors (Lipinski definition) is 5. The van der Waals surface area contributed by atoms with Crippen LogP contribution in [-0.2, 0) is 14.3 Å². The minimum Gasteiger partial charge on any atom is -0.430 e. The second-order valence-corrected chi connectivity index (χ2v) is 4.47. The summed E-state index contributed by atoms with van der Waals surface area (Å²) >= 11 is 0. The molecule has 0 saturated carbocycles. The summed E-state index contributed by atoms with van der Waals surface area (Å²) in [5.74, 6) is -2.31. The van der Waals surface area contributed by atoms with Gasteiger partial charge >= 0.3 is 5.97 Å². The fourth-order valence-corrected chi connectivity index (χ4v) is 2.66. The fourth-order valence-electron chi connectivity index (χ4n) is 2.66. The van der Waals surface area contributed by atoms with Crippen molar-refractivity contribution in [3.8, 4) is 0 Å². The molecule has 3 aliphatic rings. The van der Waals surface area contributed by atoms with Gasteiger partial charge in [-0.3, -0.25) is 14.9 Å². The SMILES string of the molecule is O=C1CC2(CNCN2)C2C(=O)C(F)=CC=C2O1. The van der Waals surface area contributed by atoms with E-state index in [1.54, 1.807) is 0 Å². The normalized spacial score (nSPS) is 36.4. The molecule has 90 valence electrons. The molecule has 1 aliphatic carbocycles. The van der Waals surface area contributed by atoms with E-state index in [0.29, 0.717) is 13.2 Å². The summed E-state index contributed by atoms with van der Waals surface area (Å²) in [5, 5.41) is 6.12. The van der Waals surface area contributed by atoms with Crippen LogP contribution in [0.15, 0.2) is 23.7 Å². The highest BCUT2D eigenvalue weighted by molar-refractivity contribution is 6.00. The van der Waals surface area contributed by atoms with Crippen LogP contribution in [0.2, 0.25) is 0 Å². The van der Waals surface area contributed by atoms with Crippen molar-refractivity contribution >= 4 is 11.8 Å². The van der Waals surface area contributed by atoms with Gasteiger partial charge in [-0.05, 0) is 12.2 Å². The summed E-state index contributed by atoms with van der Waals surface area (Å²) in [6.45, 7) is 0.943. The third kappa shape index (κ3) is 1.44. The highest BCUT2D eigenvalue weighted by Gasteiger charge is 2.54. The van der Waals surface area contributed by atoms with E-state index >= 15 is 0 Å². The monoisotopic (exact) mass is 238 g/mol. The average molecular weight is 238 g/mol. The van der Waals surface area contributed by atoms with Gasteiger partial charge < -0.3 is 10.1 Å². The summed E-state index contributed by atoms with van der Waals surface area (Å²) < 4.78 is 18.4.